The molecular weight excluding hydrogens is 184 g/mol. The van der Waals surface area contributed by atoms with Crippen LogP contribution in [0.4, 0.5) is 0 Å². The summed E-state index contributed by atoms with van der Waals surface area (Å²) in [5, 5.41) is 3.21. The molecule has 1 N–H and O–H groups in total. The van der Waals surface area contributed by atoms with Gasteiger partial charge >= 0.3 is 0 Å². The summed E-state index contributed by atoms with van der Waals surface area (Å²) in [5.74, 6) is 2.15. The van der Waals surface area contributed by atoms with Gasteiger partial charge in [-0.25, -0.2) is 0 Å². The SMILES string of the molecule is CN(C(=O)[C@H]1CSCN1)C1CCC1. The molecule has 1 aliphatic heterocycles. The Kier molecular flexibility index (Phi) is 2.79. The van der Waals surface area contributed by atoms with E-state index in [4.69, 9.17) is 0 Å². The molecule has 3 nitrogen and oxygen atoms in total. The van der Waals surface area contributed by atoms with Gasteiger partial charge in [0.2, 0.25) is 5.91 Å². The lowest BCUT2D eigenvalue weighted by molar-refractivity contribution is -0.134. The van der Waals surface area contributed by atoms with Crippen LogP contribution in [0.5, 0.6) is 0 Å². The fourth-order valence-corrected chi connectivity index (χ4v) is 2.69. The molecule has 4 heteroatoms. The van der Waals surface area contributed by atoms with E-state index in [9.17, 15) is 4.79 Å². The van der Waals surface area contributed by atoms with Gasteiger partial charge in [-0.1, -0.05) is 0 Å². The van der Waals surface area contributed by atoms with Gasteiger partial charge in [0.05, 0.1) is 6.04 Å². The van der Waals surface area contributed by atoms with Crippen molar-refractivity contribution in [3.8, 4) is 0 Å². The molecule has 1 atom stereocenters. The number of amides is 1. The number of hydrogen-bond donors (Lipinski definition) is 1. The minimum Gasteiger partial charge on any atom is -0.341 e. The quantitative estimate of drug-likeness (QED) is 0.710. The normalized spacial score (nSPS) is 28.5. The van der Waals surface area contributed by atoms with Crippen LogP contribution < -0.4 is 5.32 Å². The van der Waals surface area contributed by atoms with E-state index in [0.717, 1.165) is 11.6 Å². The number of nitrogens with zero attached hydrogens (tertiary/aromatic N) is 1. The largest absolute Gasteiger partial charge is 0.341 e. The summed E-state index contributed by atoms with van der Waals surface area (Å²) in [6.07, 6.45) is 3.68. The number of carbonyl (C=O) groups excluding carboxylic acids is 1. The van der Waals surface area contributed by atoms with Crippen LogP contribution in [-0.2, 0) is 4.79 Å². The zero-order valence-electron chi connectivity index (χ0n) is 7.95. The average Bonchev–Trinajstić information content (AvgIpc) is 2.51. The molecule has 2 fully saturated rings. The number of nitrogens with one attached hydrogen (secondary N) is 1. The zero-order valence-corrected chi connectivity index (χ0v) is 8.77. The van der Waals surface area contributed by atoms with Crippen LogP contribution in [0.2, 0.25) is 0 Å². The predicted molar refractivity (Wildman–Crippen MR) is 54.7 cm³/mol. The highest BCUT2D eigenvalue weighted by molar-refractivity contribution is 7.99. The molecule has 2 rings (SSSR count). The van der Waals surface area contributed by atoms with E-state index >= 15 is 0 Å². The van der Waals surface area contributed by atoms with E-state index in [0.29, 0.717) is 6.04 Å². The first-order chi connectivity index (χ1) is 6.29. The fourth-order valence-electron chi connectivity index (χ4n) is 1.75. The van der Waals surface area contributed by atoms with Gasteiger partial charge in [0.1, 0.15) is 0 Å². The molecule has 0 bridgehead atoms. The Morgan fingerprint density at radius 1 is 1.54 bits per heavy atom. The molecule has 1 saturated carbocycles. The summed E-state index contributed by atoms with van der Waals surface area (Å²) in [4.78, 5) is 13.8. The number of likely N-dealkylation sites (N-methyl/N-ethyl adjacent to an activating group) is 1. The molecule has 74 valence electrons. The standard InChI is InChI=1S/C9H16N2OS/c1-11(7-3-2-4-7)9(12)8-5-13-6-10-8/h7-8,10H,2-6H2,1H3/t8-/m1/s1. The van der Waals surface area contributed by atoms with E-state index in [-0.39, 0.29) is 11.9 Å². The highest BCUT2D eigenvalue weighted by atomic mass is 32.2. The van der Waals surface area contributed by atoms with Gasteiger partial charge in [-0.2, -0.15) is 0 Å². The Hall–Kier alpha value is -0.220. The Bertz CT molecular complexity index is 200. The minimum absolute atomic E-state index is 0.0793. The van der Waals surface area contributed by atoms with Gasteiger partial charge in [0.15, 0.2) is 0 Å². The van der Waals surface area contributed by atoms with Crippen LogP contribution in [0, 0.1) is 0 Å². The third kappa shape index (κ3) is 1.83. The molecule has 0 unspecified atom stereocenters. The van der Waals surface area contributed by atoms with Crippen LogP contribution in [0.1, 0.15) is 19.3 Å². The molecular formula is C9H16N2OS. The van der Waals surface area contributed by atoms with Crippen LogP contribution >= 0.6 is 11.8 Å². The Morgan fingerprint density at radius 3 is 2.77 bits per heavy atom. The van der Waals surface area contributed by atoms with Crippen molar-refractivity contribution in [3.05, 3.63) is 0 Å². The van der Waals surface area contributed by atoms with Crippen molar-refractivity contribution in [1.82, 2.24) is 10.2 Å². The van der Waals surface area contributed by atoms with Crippen LogP contribution in [0.25, 0.3) is 0 Å². The highest BCUT2D eigenvalue weighted by Crippen LogP contribution is 2.24. The van der Waals surface area contributed by atoms with Gasteiger partial charge in [0, 0.05) is 24.7 Å². The van der Waals surface area contributed by atoms with Gasteiger partial charge in [-0.15, -0.1) is 11.8 Å². The Labute approximate surface area is 83.2 Å². The molecule has 1 aliphatic carbocycles. The van der Waals surface area contributed by atoms with Crippen molar-refractivity contribution in [2.24, 2.45) is 0 Å². The van der Waals surface area contributed by atoms with Gasteiger partial charge in [0.25, 0.3) is 0 Å². The number of carbonyl (C=O) groups is 1. The van der Waals surface area contributed by atoms with E-state index in [1.807, 2.05) is 11.9 Å². The second-order valence-electron chi connectivity index (χ2n) is 3.81. The molecule has 0 aromatic carbocycles. The lowest BCUT2D eigenvalue weighted by Gasteiger charge is -2.36. The molecule has 0 aromatic rings. The molecule has 0 spiro atoms. The third-order valence-electron chi connectivity index (χ3n) is 2.98. The highest BCUT2D eigenvalue weighted by Gasteiger charge is 2.31. The van der Waals surface area contributed by atoms with E-state index in [1.165, 1.54) is 19.3 Å². The topological polar surface area (TPSA) is 32.3 Å². The fraction of sp³-hybridized carbons (Fsp3) is 0.889. The van der Waals surface area contributed by atoms with E-state index in [2.05, 4.69) is 5.32 Å². The lowest BCUT2D eigenvalue weighted by atomic mass is 9.91. The maximum absolute atomic E-state index is 11.8. The predicted octanol–water partition coefficient (Wildman–Crippen LogP) is 0.660. The van der Waals surface area contributed by atoms with Gasteiger partial charge in [-0.05, 0) is 19.3 Å². The number of thioether (sulfide) groups is 1. The van der Waals surface area contributed by atoms with Gasteiger partial charge in [-0.3, -0.25) is 10.1 Å². The second kappa shape index (κ2) is 3.88. The molecule has 0 aromatic heterocycles. The monoisotopic (exact) mass is 200 g/mol. The summed E-state index contributed by atoms with van der Waals surface area (Å²) in [6.45, 7) is 0. The molecule has 1 heterocycles. The van der Waals surface area contributed by atoms with E-state index in [1.54, 1.807) is 11.8 Å². The van der Waals surface area contributed by atoms with Gasteiger partial charge < -0.3 is 4.90 Å². The number of hydrogen-bond acceptors (Lipinski definition) is 3. The third-order valence-corrected chi connectivity index (χ3v) is 3.92. The summed E-state index contributed by atoms with van der Waals surface area (Å²) >= 11 is 1.81. The molecule has 2 aliphatic rings. The van der Waals surface area contributed by atoms with Crippen LogP contribution in [0.3, 0.4) is 0 Å². The lowest BCUT2D eigenvalue weighted by Crippen LogP contribution is -2.49. The first kappa shape index (κ1) is 9.34. The Morgan fingerprint density at radius 2 is 2.31 bits per heavy atom. The van der Waals surface area contributed by atoms with Crippen molar-refractivity contribution < 1.29 is 4.79 Å². The Balaban J connectivity index is 1.87. The second-order valence-corrected chi connectivity index (χ2v) is 4.84. The van der Waals surface area contributed by atoms with Crippen molar-refractivity contribution >= 4 is 17.7 Å². The van der Waals surface area contributed by atoms with Crippen LogP contribution in [0.15, 0.2) is 0 Å². The van der Waals surface area contributed by atoms with E-state index < -0.39 is 0 Å². The van der Waals surface area contributed by atoms with Crippen molar-refractivity contribution in [3.63, 3.8) is 0 Å². The smallest absolute Gasteiger partial charge is 0.240 e. The molecule has 13 heavy (non-hydrogen) atoms. The minimum atomic E-state index is 0.0793. The van der Waals surface area contributed by atoms with Crippen molar-refractivity contribution in [2.75, 3.05) is 18.7 Å². The maximum Gasteiger partial charge on any atom is 0.240 e. The maximum atomic E-state index is 11.8. The summed E-state index contributed by atoms with van der Waals surface area (Å²) in [6, 6.07) is 0.607. The van der Waals surface area contributed by atoms with Crippen LogP contribution in [-0.4, -0.2) is 41.6 Å². The first-order valence-electron chi connectivity index (χ1n) is 4.87. The van der Waals surface area contributed by atoms with Crippen molar-refractivity contribution in [2.45, 2.75) is 31.3 Å². The molecule has 1 saturated heterocycles. The number of rotatable bonds is 2. The molecule has 1 amide bonds. The summed E-state index contributed by atoms with van der Waals surface area (Å²) in [7, 11) is 1.94. The van der Waals surface area contributed by atoms with Crippen molar-refractivity contribution in [1.29, 1.82) is 0 Å². The summed E-state index contributed by atoms with van der Waals surface area (Å²) < 4.78 is 0. The first-order valence-corrected chi connectivity index (χ1v) is 6.02. The zero-order chi connectivity index (χ0) is 9.26. The molecule has 0 radical (unpaired) electrons. The average molecular weight is 200 g/mol. The summed E-state index contributed by atoms with van der Waals surface area (Å²) in [5.41, 5.74) is 0.